The number of rotatable bonds is 5. The van der Waals surface area contributed by atoms with Gasteiger partial charge in [-0.25, -0.2) is 0 Å². The molecule has 0 saturated heterocycles. The van der Waals surface area contributed by atoms with Gasteiger partial charge in [0.05, 0.1) is 5.56 Å². The van der Waals surface area contributed by atoms with Gasteiger partial charge in [-0.1, -0.05) is 13.0 Å². The Kier molecular flexibility index (Phi) is 5.33. The van der Waals surface area contributed by atoms with Crippen molar-refractivity contribution in [3.8, 4) is 0 Å². The molecule has 0 aliphatic carbocycles. The number of thioether (sulfide) groups is 1. The van der Waals surface area contributed by atoms with Gasteiger partial charge in [-0.05, 0) is 37.7 Å². The highest BCUT2D eigenvalue weighted by Gasteiger charge is 2.30. The minimum atomic E-state index is -4.26. The molecule has 0 aromatic heterocycles. The summed E-state index contributed by atoms with van der Waals surface area (Å²) in [5.41, 5.74) is -0.580. The summed E-state index contributed by atoms with van der Waals surface area (Å²) < 4.78 is 37.4. The second kappa shape index (κ2) is 6.31. The molecule has 1 rings (SSSR count). The molecule has 0 amide bonds. The van der Waals surface area contributed by atoms with Crippen LogP contribution in [0.1, 0.15) is 12.5 Å². The van der Waals surface area contributed by atoms with E-state index in [0.29, 0.717) is 10.8 Å². The fourth-order valence-electron chi connectivity index (χ4n) is 1.41. The van der Waals surface area contributed by atoms with E-state index in [9.17, 15) is 13.2 Å². The lowest BCUT2D eigenvalue weighted by Crippen LogP contribution is -2.17. The van der Waals surface area contributed by atoms with Crippen LogP contribution in [0.25, 0.3) is 0 Å². The maximum Gasteiger partial charge on any atom is 0.416 e. The van der Waals surface area contributed by atoms with E-state index in [4.69, 9.17) is 0 Å². The van der Waals surface area contributed by atoms with Gasteiger partial charge in [0.15, 0.2) is 0 Å². The van der Waals surface area contributed by atoms with Gasteiger partial charge in [0.2, 0.25) is 0 Å². The van der Waals surface area contributed by atoms with E-state index in [0.717, 1.165) is 18.4 Å². The summed E-state index contributed by atoms with van der Waals surface area (Å²) in [6, 6.07) is 5.47. The average molecular weight is 263 g/mol. The van der Waals surface area contributed by atoms with E-state index in [-0.39, 0.29) is 0 Å². The highest BCUT2D eigenvalue weighted by atomic mass is 32.2. The predicted octanol–water partition coefficient (Wildman–Crippen LogP) is 3.65. The van der Waals surface area contributed by atoms with Gasteiger partial charge >= 0.3 is 6.18 Å². The third-order valence-corrected chi connectivity index (χ3v) is 3.57. The molecular formula is C12H16F3NS. The first-order valence-corrected chi connectivity index (χ1v) is 6.36. The Hall–Kier alpha value is -0.680. The predicted molar refractivity (Wildman–Crippen MR) is 65.3 cm³/mol. The van der Waals surface area contributed by atoms with Crippen LogP contribution in [0.3, 0.4) is 0 Å². The molecule has 0 fully saturated rings. The van der Waals surface area contributed by atoms with Crippen LogP contribution in [-0.4, -0.2) is 19.3 Å². The van der Waals surface area contributed by atoms with Crippen LogP contribution < -0.4 is 5.32 Å². The Morgan fingerprint density at radius 2 is 2.06 bits per heavy atom. The highest BCUT2D eigenvalue weighted by Crippen LogP contribution is 2.32. The maximum absolute atomic E-state index is 12.5. The normalized spacial score (nSPS) is 13.7. The first-order chi connectivity index (χ1) is 7.93. The molecule has 17 heavy (non-hydrogen) atoms. The molecule has 0 spiro atoms. The first kappa shape index (κ1) is 14.4. The van der Waals surface area contributed by atoms with Gasteiger partial charge in [0, 0.05) is 10.6 Å². The lowest BCUT2D eigenvalue weighted by molar-refractivity contribution is -0.137. The zero-order chi connectivity index (χ0) is 12.9. The van der Waals surface area contributed by atoms with E-state index in [2.05, 4.69) is 12.2 Å². The molecule has 1 atom stereocenters. The molecule has 0 heterocycles. The Morgan fingerprint density at radius 1 is 1.35 bits per heavy atom. The van der Waals surface area contributed by atoms with Gasteiger partial charge in [0.25, 0.3) is 0 Å². The summed E-state index contributed by atoms with van der Waals surface area (Å²) in [6.45, 7) is 2.93. The summed E-state index contributed by atoms with van der Waals surface area (Å²) in [7, 11) is 1.87. The van der Waals surface area contributed by atoms with Crippen LogP contribution in [0.15, 0.2) is 29.2 Å². The van der Waals surface area contributed by atoms with E-state index in [1.165, 1.54) is 23.9 Å². The largest absolute Gasteiger partial charge is 0.416 e. The standard InChI is InChI=1S/C12H16F3NS/c1-9(7-16-2)8-17-11-5-3-4-10(6-11)12(13,14)15/h3-6,9,16H,7-8H2,1-2H3. The molecule has 0 saturated carbocycles. The van der Waals surface area contributed by atoms with Crippen molar-refractivity contribution >= 4 is 11.8 Å². The molecule has 1 unspecified atom stereocenters. The maximum atomic E-state index is 12.5. The monoisotopic (exact) mass is 263 g/mol. The van der Waals surface area contributed by atoms with Gasteiger partial charge in [-0.3, -0.25) is 0 Å². The third kappa shape index (κ3) is 5.00. The Morgan fingerprint density at radius 3 is 2.65 bits per heavy atom. The summed E-state index contributed by atoms with van der Waals surface area (Å²) >= 11 is 1.46. The van der Waals surface area contributed by atoms with Gasteiger partial charge in [0.1, 0.15) is 0 Å². The molecule has 0 radical (unpaired) electrons. The van der Waals surface area contributed by atoms with Crippen LogP contribution in [-0.2, 0) is 6.18 Å². The average Bonchev–Trinajstić information content (AvgIpc) is 2.26. The number of hydrogen-bond donors (Lipinski definition) is 1. The van der Waals surface area contributed by atoms with Crippen molar-refractivity contribution in [1.29, 1.82) is 0 Å². The van der Waals surface area contributed by atoms with E-state index in [1.54, 1.807) is 6.07 Å². The quantitative estimate of drug-likeness (QED) is 0.814. The minimum absolute atomic E-state index is 0.430. The van der Waals surface area contributed by atoms with Crippen LogP contribution >= 0.6 is 11.8 Å². The Labute approximate surface area is 104 Å². The summed E-state index contributed by atoms with van der Waals surface area (Å²) in [4.78, 5) is 0.669. The molecule has 5 heteroatoms. The lowest BCUT2D eigenvalue weighted by Gasteiger charge is -2.11. The van der Waals surface area contributed by atoms with Crippen LogP contribution in [0, 0.1) is 5.92 Å². The van der Waals surface area contributed by atoms with Crippen molar-refractivity contribution in [1.82, 2.24) is 5.32 Å². The van der Waals surface area contributed by atoms with E-state index in [1.807, 2.05) is 7.05 Å². The molecule has 0 bridgehead atoms. The summed E-state index contributed by atoms with van der Waals surface area (Å²) in [6.07, 6.45) is -4.26. The first-order valence-electron chi connectivity index (χ1n) is 5.38. The van der Waals surface area contributed by atoms with Crippen molar-refractivity contribution in [2.45, 2.75) is 18.0 Å². The molecule has 1 aromatic carbocycles. The zero-order valence-corrected chi connectivity index (χ0v) is 10.7. The highest BCUT2D eigenvalue weighted by molar-refractivity contribution is 7.99. The van der Waals surface area contributed by atoms with Crippen molar-refractivity contribution in [3.63, 3.8) is 0 Å². The molecular weight excluding hydrogens is 247 g/mol. The second-order valence-electron chi connectivity index (χ2n) is 4.00. The van der Waals surface area contributed by atoms with Gasteiger partial charge in [-0.2, -0.15) is 13.2 Å². The fourth-order valence-corrected chi connectivity index (χ4v) is 2.39. The summed E-state index contributed by atoms with van der Waals surface area (Å²) in [5, 5.41) is 3.05. The molecule has 0 aliphatic heterocycles. The van der Waals surface area contributed by atoms with Crippen LogP contribution in [0.2, 0.25) is 0 Å². The van der Waals surface area contributed by atoms with Crippen LogP contribution in [0.5, 0.6) is 0 Å². The molecule has 1 nitrogen and oxygen atoms in total. The smallest absolute Gasteiger partial charge is 0.319 e. The molecule has 1 aromatic rings. The minimum Gasteiger partial charge on any atom is -0.319 e. The summed E-state index contributed by atoms with van der Waals surface area (Å²) in [5.74, 6) is 1.24. The van der Waals surface area contributed by atoms with Crippen molar-refractivity contribution in [3.05, 3.63) is 29.8 Å². The SMILES string of the molecule is CNCC(C)CSc1cccc(C(F)(F)F)c1. The second-order valence-corrected chi connectivity index (χ2v) is 5.09. The van der Waals surface area contributed by atoms with E-state index >= 15 is 0 Å². The number of nitrogens with one attached hydrogen (secondary N) is 1. The van der Waals surface area contributed by atoms with Crippen molar-refractivity contribution in [2.24, 2.45) is 5.92 Å². The van der Waals surface area contributed by atoms with Gasteiger partial charge < -0.3 is 5.32 Å². The Balaban J connectivity index is 2.60. The molecule has 1 N–H and O–H groups in total. The fraction of sp³-hybridized carbons (Fsp3) is 0.500. The lowest BCUT2D eigenvalue weighted by atomic mass is 10.2. The van der Waals surface area contributed by atoms with E-state index < -0.39 is 11.7 Å². The molecule has 96 valence electrons. The topological polar surface area (TPSA) is 12.0 Å². The number of alkyl halides is 3. The van der Waals surface area contributed by atoms with Crippen LogP contribution in [0.4, 0.5) is 13.2 Å². The van der Waals surface area contributed by atoms with Crippen molar-refractivity contribution < 1.29 is 13.2 Å². The third-order valence-electron chi connectivity index (χ3n) is 2.25. The van der Waals surface area contributed by atoms with Gasteiger partial charge in [-0.15, -0.1) is 11.8 Å². The zero-order valence-electron chi connectivity index (χ0n) is 9.84. The number of benzene rings is 1. The number of hydrogen-bond acceptors (Lipinski definition) is 2. The van der Waals surface area contributed by atoms with Crippen molar-refractivity contribution in [2.75, 3.05) is 19.3 Å². The molecule has 0 aliphatic rings. The Bertz CT molecular complexity index is 352. The number of halogens is 3.